The molecule has 0 saturated heterocycles. The Morgan fingerprint density at radius 2 is 1.94 bits per heavy atom. The molecule has 0 aliphatic heterocycles. The molecule has 0 radical (unpaired) electrons. The molecule has 0 heterocycles. The minimum Gasteiger partial charge on any atom is -0.490 e. The number of allylic oxidation sites excluding steroid dienone is 1. The summed E-state index contributed by atoms with van der Waals surface area (Å²) in [7, 11) is 0. The zero-order valence-electron chi connectivity index (χ0n) is 19.4. The fourth-order valence-corrected chi connectivity index (χ4v) is 2.91. The number of nitrogens with one attached hydrogen (secondary N) is 3. The number of halogens is 1. The number of rotatable bonds is 15. The fourth-order valence-electron chi connectivity index (χ4n) is 2.91. The van der Waals surface area contributed by atoms with Crippen LogP contribution < -0.4 is 20.7 Å². The third-order valence-corrected chi connectivity index (χ3v) is 4.69. The molecule has 0 aliphatic rings. The number of hydrogen-bond donors (Lipinski definition) is 3. The van der Waals surface area contributed by atoms with Gasteiger partial charge in [-0.05, 0) is 43.2 Å². The average Bonchev–Trinajstić information content (AvgIpc) is 2.73. The van der Waals surface area contributed by atoms with E-state index in [4.69, 9.17) is 4.74 Å². The molecule has 31 heavy (non-hydrogen) atoms. The number of benzene rings is 1. The van der Waals surface area contributed by atoms with Gasteiger partial charge in [-0.15, -0.1) is 0 Å². The monoisotopic (exact) mass is 435 g/mol. The summed E-state index contributed by atoms with van der Waals surface area (Å²) in [5.74, 6) is -0.227. The van der Waals surface area contributed by atoms with Gasteiger partial charge in [-0.3, -0.25) is 9.59 Å². The highest BCUT2D eigenvalue weighted by Crippen LogP contribution is 2.24. The van der Waals surface area contributed by atoms with Gasteiger partial charge in [-0.2, -0.15) is 0 Å². The lowest BCUT2D eigenvalue weighted by Crippen LogP contribution is -2.49. The molecule has 0 fully saturated rings. The molecular formula is C24H38FN3O3. The van der Waals surface area contributed by atoms with Crippen molar-refractivity contribution in [2.45, 2.75) is 65.8 Å². The number of carbonyl (C=O) groups is 2. The van der Waals surface area contributed by atoms with Gasteiger partial charge in [0.1, 0.15) is 6.04 Å². The predicted molar refractivity (Wildman–Crippen MR) is 122 cm³/mol. The van der Waals surface area contributed by atoms with E-state index in [1.165, 1.54) is 6.07 Å². The summed E-state index contributed by atoms with van der Waals surface area (Å²) >= 11 is 0. The first-order chi connectivity index (χ1) is 14.8. The molecule has 1 aromatic carbocycles. The highest BCUT2D eigenvalue weighted by molar-refractivity contribution is 5.88. The van der Waals surface area contributed by atoms with E-state index in [1.807, 2.05) is 33.8 Å². The third-order valence-electron chi connectivity index (χ3n) is 4.69. The molecule has 6 nitrogen and oxygen atoms in total. The first-order valence-electron chi connectivity index (χ1n) is 11.2. The van der Waals surface area contributed by atoms with E-state index in [-0.39, 0.29) is 24.2 Å². The maximum absolute atomic E-state index is 14.1. The van der Waals surface area contributed by atoms with E-state index in [2.05, 4.69) is 22.5 Å². The topological polar surface area (TPSA) is 79.5 Å². The van der Waals surface area contributed by atoms with Crippen LogP contribution in [0.5, 0.6) is 5.75 Å². The maximum atomic E-state index is 14.1. The predicted octanol–water partition coefficient (Wildman–Crippen LogP) is 3.71. The molecule has 0 aliphatic carbocycles. The molecule has 0 bridgehead atoms. The summed E-state index contributed by atoms with van der Waals surface area (Å²) in [5.41, 5.74) is 1.57. The Bertz CT molecular complexity index is 722. The molecule has 1 rings (SSSR count). The quantitative estimate of drug-likeness (QED) is 0.367. The van der Waals surface area contributed by atoms with Gasteiger partial charge in [-0.25, -0.2) is 4.39 Å². The van der Waals surface area contributed by atoms with Crippen molar-refractivity contribution >= 4 is 11.8 Å². The zero-order valence-corrected chi connectivity index (χ0v) is 19.4. The van der Waals surface area contributed by atoms with Crippen LogP contribution in [-0.4, -0.2) is 37.6 Å². The summed E-state index contributed by atoms with van der Waals surface area (Å²) in [5, 5.41) is 8.59. The van der Waals surface area contributed by atoms with Gasteiger partial charge in [0, 0.05) is 12.2 Å². The molecule has 0 saturated carbocycles. The summed E-state index contributed by atoms with van der Waals surface area (Å²) in [6.45, 7) is 12.7. The standard InChI is InChI=1S/C24H38FN3O3/c1-6-10-21(28-22(29)15-27-18(5)7-2)24(30)26-14-9-12-19-11-8-13-20(25)23(19)31-16-17(3)4/h8,11,13,17,21,27H,5-7,9-10,12,14-16H2,1-4H3,(H,26,30)(H,28,29). The molecule has 0 aromatic heterocycles. The largest absolute Gasteiger partial charge is 0.490 e. The van der Waals surface area contributed by atoms with Crippen LogP contribution in [0.2, 0.25) is 0 Å². The Hall–Kier alpha value is -2.57. The van der Waals surface area contributed by atoms with Gasteiger partial charge in [0.15, 0.2) is 11.6 Å². The smallest absolute Gasteiger partial charge is 0.242 e. The second-order valence-electron chi connectivity index (χ2n) is 8.05. The van der Waals surface area contributed by atoms with Gasteiger partial charge in [0.05, 0.1) is 13.2 Å². The van der Waals surface area contributed by atoms with Crippen LogP contribution in [0.4, 0.5) is 4.39 Å². The van der Waals surface area contributed by atoms with Gasteiger partial charge in [0.2, 0.25) is 11.8 Å². The molecule has 1 aromatic rings. The van der Waals surface area contributed by atoms with Gasteiger partial charge in [-0.1, -0.05) is 52.8 Å². The van der Waals surface area contributed by atoms with E-state index in [0.717, 1.165) is 24.1 Å². The Kier molecular flexibility index (Phi) is 12.3. The van der Waals surface area contributed by atoms with Crippen molar-refractivity contribution in [1.29, 1.82) is 0 Å². The van der Waals surface area contributed by atoms with Crippen molar-refractivity contribution in [2.24, 2.45) is 5.92 Å². The minimum atomic E-state index is -0.576. The van der Waals surface area contributed by atoms with Crippen LogP contribution in [0.25, 0.3) is 0 Å². The van der Waals surface area contributed by atoms with Crippen LogP contribution in [0.1, 0.15) is 58.9 Å². The first kappa shape index (κ1) is 26.5. The van der Waals surface area contributed by atoms with E-state index < -0.39 is 6.04 Å². The van der Waals surface area contributed by atoms with Crippen LogP contribution in [0.15, 0.2) is 30.5 Å². The third kappa shape index (κ3) is 10.3. The van der Waals surface area contributed by atoms with Crippen molar-refractivity contribution in [3.8, 4) is 5.75 Å². The van der Waals surface area contributed by atoms with E-state index >= 15 is 0 Å². The van der Waals surface area contributed by atoms with Gasteiger partial charge in [0.25, 0.3) is 0 Å². The molecule has 0 spiro atoms. The van der Waals surface area contributed by atoms with E-state index in [0.29, 0.717) is 44.1 Å². The second kappa shape index (κ2) is 14.4. The molecule has 2 amide bonds. The molecule has 174 valence electrons. The number of hydrogen-bond acceptors (Lipinski definition) is 4. The fraction of sp³-hybridized carbons (Fsp3) is 0.583. The lowest BCUT2D eigenvalue weighted by atomic mass is 10.1. The normalized spacial score (nSPS) is 11.7. The summed E-state index contributed by atoms with van der Waals surface area (Å²) in [6, 6.07) is 4.33. The number of aryl methyl sites for hydroxylation is 1. The molecule has 7 heteroatoms. The van der Waals surface area contributed by atoms with Gasteiger partial charge < -0.3 is 20.7 Å². The molecular weight excluding hydrogens is 397 g/mol. The molecule has 1 unspecified atom stereocenters. The maximum Gasteiger partial charge on any atom is 0.242 e. The highest BCUT2D eigenvalue weighted by atomic mass is 19.1. The Balaban J connectivity index is 2.52. The van der Waals surface area contributed by atoms with Crippen LogP contribution >= 0.6 is 0 Å². The Morgan fingerprint density at radius 3 is 2.58 bits per heavy atom. The van der Waals surface area contributed by atoms with Crippen molar-refractivity contribution in [1.82, 2.24) is 16.0 Å². The van der Waals surface area contributed by atoms with Crippen LogP contribution in [0, 0.1) is 11.7 Å². The lowest BCUT2D eigenvalue weighted by Gasteiger charge is -2.19. The highest BCUT2D eigenvalue weighted by Gasteiger charge is 2.19. The van der Waals surface area contributed by atoms with Crippen molar-refractivity contribution in [2.75, 3.05) is 19.7 Å². The van der Waals surface area contributed by atoms with Crippen LogP contribution in [-0.2, 0) is 16.0 Å². The number of ether oxygens (including phenoxy) is 1. The van der Waals surface area contributed by atoms with Crippen molar-refractivity contribution in [3.05, 3.63) is 41.9 Å². The van der Waals surface area contributed by atoms with E-state index in [1.54, 1.807) is 6.07 Å². The average molecular weight is 436 g/mol. The first-order valence-corrected chi connectivity index (χ1v) is 11.2. The molecule has 3 N–H and O–H groups in total. The summed E-state index contributed by atoms with van der Waals surface area (Å²) < 4.78 is 19.8. The number of para-hydroxylation sites is 1. The lowest BCUT2D eigenvalue weighted by molar-refractivity contribution is -0.128. The zero-order chi connectivity index (χ0) is 23.2. The number of amides is 2. The van der Waals surface area contributed by atoms with Crippen molar-refractivity contribution in [3.63, 3.8) is 0 Å². The Labute approximate surface area is 186 Å². The summed E-state index contributed by atoms with van der Waals surface area (Å²) in [6.07, 6.45) is 3.29. The minimum absolute atomic E-state index is 0.0961. The summed E-state index contributed by atoms with van der Waals surface area (Å²) in [4.78, 5) is 24.6. The van der Waals surface area contributed by atoms with Crippen LogP contribution in [0.3, 0.4) is 0 Å². The van der Waals surface area contributed by atoms with E-state index in [9.17, 15) is 14.0 Å². The van der Waals surface area contributed by atoms with Crippen molar-refractivity contribution < 1.29 is 18.7 Å². The Morgan fingerprint density at radius 1 is 1.19 bits per heavy atom. The number of carbonyl (C=O) groups excluding carboxylic acids is 2. The van der Waals surface area contributed by atoms with Gasteiger partial charge >= 0.3 is 0 Å². The SMILES string of the molecule is C=C(CC)NCC(=O)NC(CCC)C(=O)NCCCc1cccc(F)c1OCC(C)C. The second-order valence-corrected chi connectivity index (χ2v) is 8.05. The molecule has 1 atom stereocenters.